The van der Waals surface area contributed by atoms with E-state index in [-0.39, 0.29) is 0 Å². The van der Waals surface area contributed by atoms with E-state index < -0.39 is 0 Å². The number of aliphatic imine (C=N–C) groups is 1. The van der Waals surface area contributed by atoms with Crippen LogP contribution in [0.25, 0.3) is 0 Å². The Balaban J connectivity index is 1.77. The van der Waals surface area contributed by atoms with Crippen LogP contribution in [-0.2, 0) is 0 Å². The lowest BCUT2D eigenvalue weighted by Crippen LogP contribution is -2.33. The highest BCUT2D eigenvalue weighted by atomic mass is 79.9. The van der Waals surface area contributed by atoms with Crippen LogP contribution in [0.1, 0.15) is 26.2 Å². The molecule has 1 heterocycles. The zero-order valence-corrected chi connectivity index (χ0v) is 14.3. The molecule has 3 N–H and O–H groups in total. The summed E-state index contributed by atoms with van der Waals surface area (Å²) in [6, 6.07) is 8.51. The number of nitrogens with two attached hydrogens (primary N) is 1. The lowest BCUT2D eigenvalue weighted by atomic mass is 10.1. The molecule has 1 aliphatic rings. The van der Waals surface area contributed by atoms with Gasteiger partial charge in [0.05, 0.1) is 0 Å². The van der Waals surface area contributed by atoms with Crippen LogP contribution in [0.2, 0.25) is 0 Å². The molecule has 1 atom stereocenters. The van der Waals surface area contributed by atoms with Gasteiger partial charge in [0, 0.05) is 36.3 Å². The van der Waals surface area contributed by atoms with Crippen molar-refractivity contribution in [3.05, 3.63) is 28.7 Å². The molecule has 1 aromatic carbocycles. The van der Waals surface area contributed by atoms with Crippen molar-refractivity contribution in [1.82, 2.24) is 5.32 Å². The highest BCUT2D eigenvalue weighted by Gasteiger charge is 2.22. The molecule has 5 heteroatoms. The van der Waals surface area contributed by atoms with Crippen molar-refractivity contribution in [3.63, 3.8) is 0 Å². The molecule has 1 unspecified atom stereocenters. The van der Waals surface area contributed by atoms with E-state index in [0.29, 0.717) is 11.9 Å². The predicted molar refractivity (Wildman–Crippen MR) is 93.9 cm³/mol. The molecule has 2 rings (SSSR count). The first-order chi connectivity index (χ1) is 10.2. The van der Waals surface area contributed by atoms with Crippen molar-refractivity contribution in [2.24, 2.45) is 16.6 Å². The van der Waals surface area contributed by atoms with E-state index in [9.17, 15) is 0 Å². The maximum atomic E-state index is 5.88. The first-order valence-electron chi connectivity index (χ1n) is 7.73. The van der Waals surface area contributed by atoms with Gasteiger partial charge in [-0.25, -0.2) is 0 Å². The van der Waals surface area contributed by atoms with Crippen LogP contribution >= 0.6 is 15.9 Å². The van der Waals surface area contributed by atoms with Crippen molar-refractivity contribution in [2.45, 2.75) is 26.2 Å². The van der Waals surface area contributed by atoms with Crippen LogP contribution in [-0.4, -0.2) is 32.1 Å². The van der Waals surface area contributed by atoms with E-state index in [1.165, 1.54) is 18.5 Å². The summed E-state index contributed by atoms with van der Waals surface area (Å²) in [5.74, 6) is 1.19. The summed E-state index contributed by atoms with van der Waals surface area (Å²) in [5, 5.41) is 3.17. The molecule has 1 aliphatic heterocycles. The Morgan fingerprint density at radius 3 is 2.90 bits per heavy atom. The zero-order valence-electron chi connectivity index (χ0n) is 12.7. The highest BCUT2D eigenvalue weighted by Crippen LogP contribution is 2.25. The molecule has 4 nitrogen and oxygen atoms in total. The van der Waals surface area contributed by atoms with Gasteiger partial charge < -0.3 is 16.0 Å². The Morgan fingerprint density at radius 2 is 2.19 bits per heavy atom. The van der Waals surface area contributed by atoms with Crippen molar-refractivity contribution < 1.29 is 0 Å². The van der Waals surface area contributed by atoms with Crippen LogP contribution in [0.3, 0.4) is 0 Å². The van der Waals surface area contributed by atoms with Crippen molar-refractivity contribution in [3.8, 4) is 0 Å². The van der Waals surface area contributed by atoms with E-state index >= 15 is 0 Å². The Labute approximate surface area is 135 Å². The fourth-order valence-corrected chi connectivity index (χ4v) is 2.81. The van der Waals surface area contributed by atoms with E-state index in [0.717, 1.165) is 37.1 Å². The second-order valence-corrected chi connectivity index (χ2v) is 6.50. The number of halogens is 1. The first-order valence-corrected chi connectivity index (χ1v) is 8.52. The second-order valence-electron chi connectivity index (χ2n) is 5.58. The Morgan fingerprint density at radius 1 is 1.43 bits per heavy atom. The molecule has 0 aliphatic carbocycles. The third kappa shape index (κ3) is 5.23. The van der Waals surface area contributed by atoms with Crippen molar-refractivity contribution >= 4 is 27.6 Å². The summed E-state index contributed by atoms with van der Waals surface area (Å²) in [6.45, 7) is 6.07. The molecule has 21 heavy (non-hydrogen) atoms. The number of hydrogen-bond donors (Lipinski definition) is 2. The summed E-state index contributed by atoms with van der Waals surface area (Å²) in [6.07, 6.45) is 3.49. The van der Waals surface area contributed by atoms with Crippen LogP contribution in [0, 0.1) is 5.92 Å². The molecule has 0 aromatic heterocycles. The fourth-order valence-electron chi connectivity index (χ4n) is 2.54. The number of rotatable bonds is 6. The van der Waals surface area contributed by atoms with Crippen molar-refractivity contribution in [1.29, 1.82) is 0 Å². The lowest BCUT2D eigenvalue weighted by molar-refractivity contribution is 0.601. The molecule has 1 aromatic rings. The molecule has 0 bridgehead atoms. The predicted octanol–water partition coefficient (Wildman–Crippen LogP) is 2.98. The Kier molecular flexibility index (Phi) is 6.36. The summed E-state index contributed by atoms with van der Waals surface area (Å²) in [5.41, 5.74) is 7.17. The van der Waals surface area contributed by atoms with Crippen LogP contribution < -0.4 is 16.0 Å². The maximum Gasteiger partial charge on any atom is 0.188 e. The summed E-state index contributed by atoms with van der Waals surface area (Å²) < 4.78 is 1.12. The number of anilines is 1. The number of nitrogens with one attached hydrogen (secondary N) is 1. The SMILES string of the molecule is CCCCNC(N)=NCC1CCN(c2ccc(Br)cc2)C1. The van der Waals surface area contributed by atoms with Gasteiger partial charge in [0.15, 0.2) is 5.96 Å². The molecule has 0 spiro atoms. The second kappa shape index (κ2) is 8.27. The number of benzene rings is 1. The van der Waals surface area contributed by atoms with Gasteiger partial charge in [-0.2, -0.15) is 0 Å². The van der Waals surface area contributed by atoms with Gasteiger partial charge in [-0.15, -0.1) is 0 Å². The third-order valence-corrected chi connectivity index (χ3v) is 4.36. The van der Waals surface area contributed by atoms with E-state index in [4.69, 9.17) is 5.73 Å². The van der Waals surface area contributed by atoms with Gasteiger partial charge in [0.1, 0.15) is 0 Å². The van der Waals surface area contributed by atoms with Gasteiger partial charge in [0.2, 0.25) is 0 Å². The molecule has 1 saturated heterocycles. The minimum atomic E-state index is 0.588. The van der Waals surface area contributed by atoms with E-state index in [1.807, 2.05) is 0 Å². The number of guanidine groups is 1. The maximum absolute atomic E-state index is 5.88. The van der Waals surface area contributed by atoms with Crippen LogP contribution in [0.4, 0.5) is 5.69 Å². The summed E-state index contributed by atoms with van der Waals surface area (Å²) in [4.78, 5) is 6.89. The molecular formula is C16H25BrN4. The fraction of sp³-hybridized carbons (Fsp3) is 0.562. The molecule has 0 saturated carbocycles. The number of unbranched alkanes of at least 4 members (excludes halogenated alkanes) is 1. The molecule has 116 valence electrons. The lowest BCUT2D eigenvalue weighted by Gasteiger charge is -2.18. The normalized spacial score (nSPS) is 19.0. The minimum Gasteiger partial charge on any atom is -0.371 e. The highest BCUT2D eigenvalue weighted by molar-refractivity contribution is 9.10. The van der Waals surface area contributed by atoms with Gasteiger partial charge in [-0.3, -0.25) is 4.99 Å². The number of nitrogens with zero attached hydrogens (tertiary/aromatic N) is 2. The van der Waals surface area contributed by atoms with Gasteiger partial charge in [-0.1, -0.05) is 29.3 Å². The van der Waals surface area contributed by atoms with Gasteiger partial charge >= 0.3 is 0 Å². The topological polar surface area (TPSA) is 53.6 Å². The number of hydrogen-bond acceptors (Lipinski definition) is 2. The summed E-state index contributed by atoms with van der Waals surface area (Å²) >= 11 is 3.48. The molecule has 0 amide bonds. The summed E-state index contributed by atoms with van der Waals surface area (Å²) in [7, 11) is 0. The Bertz CT molecular complexity index is 458. The first kappa shape index (κ1) is 16.1. The minimum absolute atomic E-state index is 0.588. The van der Waals surface area contributed by atoms with Crippen LogP contribution in [0.5, 0.6) is 0 Å². The smallest absolute Gasteiger partial charge is 0.188 e. The quantitative estimate of drug-likeness (QED) is 0.470. The van der Waals surface area contributed by atoms with Crippen LogP contribution in [0.15, 0.2) is 33.7 Å². The van der Waals surface area contributed by atoms with E-state index in [2.05, 4.69) is 62.3 Å². The zero-order chi connectivity index (χ0) is 15.1. The molecule has 0 radical (unpaired) electrons. The Hall–Kier alpha value is -1.23. The largest absolute Gasteiger partial charge is 0.371 e. The average Bonchev–Trinajstić information content (AvgIpc) is 2.95. The van der Waals surface area contributed by atoms with E-state index in [1.54, 1.807) is 0 Å². The molecular weight excluding hydrogens is 328 g/mol. The van der Waals surface area contributed by atoms with Crippen molar-refractivity contribution in [2.75, 3.05) is 31.1 Å². The van der Waals surface area contributed by atoms with Gasteiger partial charge in [0.25, 0.3) is 0 Å². The van der Waals surface area contributed by atoms with Gasteiger partial charge in [-0.05, 0) is 43.0 Å². The standard InChI is InChI=1S/C16H25BrN4/c1-2-3-9-19-16(18)20-11-13-8-10-21(12-13)15-6-4-14(17)5-7-15/h4-7,13H,2-3,8-12H2,1H3,(H3,18,19,20). The monoisotopic (exact) mass is 352 g/mol. The average molecular weight is 353 g/mol. The third-order valence-electron chi connectivity index (χ3n) is 3.83. The molecule has 1 fully saturated rings.